The third kappa shape index (κ3) is 5.66. The van der Waals surface area contributed by atoms with Crippen molar-refractivity contribution in [3.63, 3.8) is 0 Å². The van der Waals surface area contributed by atoms with Gasteiger partial charge in [-0.25, -0.2) is 0 Å². The second-order valence-corrected chi connectivity index (χ2v) is 10.1. The minimum atomic E-state index is -0.150. The van der Waals surface area contributed by atoms with Crippen molar-refractivity contribution in [2.24, 2.45) is 0 Å². The molecule has 170 valence electrons. The van der Waals surface area contributed by atoms with Crippen molar-refractivity contribution < 1.29 is 9.53 Å². The first-order valence-electron chi connectivity index (χ1n) is 10.4. The van der Waals surface area contributed by atoms with Crippen LogP contribution in [0.3, 0.4) is 0 Å². The number of hydrogen-bond donors (Lipinski definition) is 1. The number of halogens is 2. The van der Waals surface area contributed by atoms with Gasteiger partial charge in [0, 0.05) is 15.1 Å². The van der Waals surface area contributed by atoms with Gasteiger partial charge in [0.15, 0.2) is 0 Å². The van der Waals surface area contributed by atoms with Crippen LogP contribution in [0.4, 0.5) is 5.69 Å². The fraction of sp³-hybridized carbons (Fsp3) is 0.200. The molecule has 0 saturated carbocycles. The molecule has 0 atom stereocenters. The van der Waals surface area contributed by atoms with E-state index in [4.69, 9.17) is 16.3 Å². The first kappa shape index (κ1) is 23.5. The lowest BCUT2D eigenvalue weighted by Crippen LogP contribution is -2.12. The van der Waals surface area contributed by atoms with E-state index in [2.05, 4.69) is 38.5 Å². The summed E-state index contributed by atoms with van der Waals surface area (Å²) in [6, 6.07) is 15.5. The molecule has 1 N–H and O–H groups in total. The fourth-order valence-electron chi connectivity index (χ4n) is 3.48. The van der Waals surface area contributed by atoms with Crippen LogP contribution in [0, 0.1) is 20.8 Å². The molecule has 0 spiro atoms. The molecule has 0 aliphatic rings. The molecule has 0 aliphatic carbocycles. The van der Waals surface area contributed by atoms with Gasteiger partial charge in [0.2, 0.25) is 0 Å². The zero-order valence-corrected chi connectivity index (χ0v) is 21.6. The van der Waals surface area contributed by atoms with Crippen LogP contribution in [-0.2, 0) is 13.2 Å². The molecule has 33 heavy (non-hydrogen) atoms. The molecule has 0 bridgehead atoms. The molecule has 4 aromatic rings. The molecule has 0 saturated heterocycles. The first-order chi connectivity index (χ1) is 15.8. The van der Waals surface area contributed by atoms with Gasteiger partial charge >= 0.3 is 0 Å². The topological polar surface area (TPSA) is 56.1 Å². The number of amides is 1. The quantitative estimate of drug-likeness (QED) is 0.268. The Hall–Kier alpha value is -2.61. The van der Waals surface area contributed by atoms with Crippen molar-refractivity contribution in [2.45, 2.75) is 33.9 Å². The Morgan fingerprint density at radius 3 is 2.61 bits per heavy atom. The highest BCUT2D eigenvalue weighted by Crippen LogP contribution is 2.26. The Balaban J connectivity index is 1.42. The predicted octanol–water partition coefficient (Wildman–Crippen LogP) is 7.17. The summed E-state index contributed by atoms with van der Waals surface area (Å²) >= 11 is 10.9. The Kier molecular flexibility index (Phi) is 7.22. The molecule has 2 heterocycles. The number of thiophene rings is 1. The summed E-state index contributed by atoms with van der Waals surface area (Å²) in [4.78, 5) is 13.5. The highest BCUT2D eigenvalue weighted by Gasteiger charge is 2.17. The number of nitrogens with zero attached hydrogens (tertiary/aromatic N) is 2. The average molecular weight is 545 g/mol. The van der Waals surface area contributed by atoms with E-state index in [0.717, 1.165) is 44.0 Å². The average Bonchev–Trinajstić information content (AvgIpc) is 3.35. The number of aromatic nitrogens is 2. The summed E-state index contributed by atoms with van der Waals surface area (Å²) in [5.41, 5.74) is 5.51. The SMILES string of the molecule is Cc1cc(Cl)ccc1OCc1csc(C(=O)Nc2c(C)nn(Cc3ccc(Br)cc3)c2C)c1. The third-order valence-electron chi connectivity index (χ3n) is 5.27. The van der Waals surface area contributed by atoms with Gasteiger partial charge in [-0.1, -0.05) is 39.7 Å². The molecule has 8 heteroatoms. The predicted molar refractivity (Wildman–Crippen MR) is 138 cm³/mol. The zero-order valence-electron chi connectivity index (χ0n) is 18.5. The van der Waals surface area contributed by atoms with Crippen LogP contribution in [0.15, 0.2) is 58.4 Å². The number of nitrogens with one attached hydrogen (secondary N) is 1. The van der Waals surface area contributed by atoms with E-state index >= 15 is 0 Å². The molecule has 1 amide bonds. The van der Waals surface area contributed by atoms with Crippen LogP contribution in [0.2, 0.25) is 5.02 Å². The number of benzene rings is 2. The van der Waals surface area contributed by atoms with Gasteiger partial charge in [-0.15, -0.1) is 11.3 Å². The number of ether oxygens (including phenoxy) is 1. The molecule has 0 aliphatic heterocycles. The van der Waals surface area contributed by atoms with E-state index in [-0.39, 0.29) is 5.91 Å². The number of hydrogen-bond acceptors (Lipinski definition) is 4. The van der Waals surface area contributed by atoms with Crippen molar-refractivity contribution in [2.75, 3.05) is 5.32 Å². The lowest BCUT2D eigenvalue weighted by atomic mass is 10.2. The van der Waals surface area contributed by atoms with Crippen molar-refractivity contribution in [1.29, 1.82) is 0 Å². The number of anilines is 1. The van der Waals surface area contributed by atoms with Crippen LogP contribution < -0.4 is 10.1 Å². The third-order valence-corrected chi connectivity index (χ3v) is 7.02. The van der Waals surface area contributed by atoms with Crippen molar-refractivity contribution >= 4 is 50.5 Å². The van der Waals surface area contributed by atoms with E-state index in [1.54, 1.807) is 6.07 Å². The van der Waals surface area contributed by atoms with Gasteiger partial charge in [0.05, 0.1) is 28.5 Å². The van der Waals surface area contributed by atoms with Gasteiger partial charge < -0.3 is 10.1 Å². The Morgan fingerprint density at radius 1 is 1.12 bits per heavy atom. The smallest absolute Gasteiger partial charge is 0.265 e. The van der Waals surface area contributed by atoms with Crippen LogP contribution >= 0.6 is 38.9 Å². The van der Waals surface area contributed by atoms with Crippen LogP contribution in [0.1, 0.15) is 37.7 Å². The molecule has 0 fully saturated rings. The van der Waals surface area contributed by atoms with Crippen molar-refractivity contribution in [3.05, 3.63) is 96.4 Å². The van der Waals surface area contributed by atoms with Gasteiger partial charge in [-0.3, -0.25) is 9.48 Å². The number of carbonyl (C=O) groups is 1. The molecule has 2 aromatic carbocycles. The standard InChI is InChI=1S/C25H23BrClN3O2S/c1-15-10-21(27)8-9-22(15)32-13-19-11-23(33-14-19)25(31)28-24-16(2)29-30(17(24)3)12-18-4-6-20(26)7-5-18/h4-11,14H,12-13H2,1-3H3,(H,28,31). The highest BCUT2D eigenvalue weighted by molar-refractivity contribution is 9.10. The molecule has 2 aromatic heterocycles. The summed E-state index contributed by atoms with van der Waals surface area (Å²) in [5, 5.41) is 10.3. The van der Waals surface area contributed by atoms with Gasteiger partial charge in [0.25, 0.3) is 5.91 Å². The van der Waals surface area contributed by atoms with Gasteiger partial charge in [0.1, 0.15) is 12.4 Å². The second-order valence-electron chi connectivity index (χ2n) is 7.80. The number of rotatable bonds is 7. The van der Waals surface area contributed by atoms with Crippen LogP contribution in [0.5, 0.6) is 5.75 Å². The van der Waals surface area contributed by atoms with E-state index in [1.165, 1.54) is 11.3 Å². The summed E-state index contributed by atoms with van der Waals surface area (Å²) in [6.07, 6.45) is 0. The fourth-order valence-corrected chi connectivity index (χ4v) is 4.76. The molecular formula is C25H23BrClN3O2S. The summed E-state index contributed by atoms with van der Waals surface area (Å²) < 4.78 is 8.85. The van der Waals surface area contributed by atoms with E-state index in [0.29, 0.717) is 23.1 Å². The maximum Gasteiger partial charge on any atom is 0.265 e. The number of aryl methyl sites for hydroxylation is 2. The van der Waals surface area contributed by atoms with E-state index in [1.807, 2.05) is 61.2 Å². The first-order valence-corrected chi connectivity index (χ1v) is 12.4. The molecule has 0 unspecified atom stereocenters. The minimum absolute atomic E-state index is 0.150. The maximum absolute atomic E-state index is 12.9. The normalized spacial score (nSPS) is 10.9. The Morgan fingerprint density at radius 2 is 1.88 bits per heavy atom. The maximum atomic E-state index is 12.9. The lowest BCUT2D eigenvalue weighted by molar-refractivity contribution is 0.103. The molecule has 5 nitrogen and oxygen atoms in total. The summed E-state index contributed by atoms with van der Waals surface area (Å²) in [6.45, 7) is 6.85. The zero-order chi connectivity index (χ0) is 23.5. The molecule has 0 radical (unpaired) electrons. The van der Waals surface area contributed by atoms with E-state index < -0.39 is 0 Å². The largest absolute Gasteiger partial charge is 0.489 e. The molecular weight excluding hydrogens is 522 g/mol. The summed E-state index contributed by atoms with van der Waals surface area (Å²) in [5.74, 6) is 0.629. The van der Waals surface area contributed by atoms with Crippen LogP contribution in [0.25, 0.3) is 0 Å². The van der Waals surface area contributed by atoms with Gasteiger partial charge in [-0.05, 0) is 73.7 Å². The minimum Gasteiger partial charge on any atom is -0.489 e. The lowest BCUT2D eigenvalue weighted by Gasteiger charge is -2.08. The van der Waals surface area contributed by atoms with Crippen LogP contribution in [-0.4, -0.2) is 15.7 Å². The monoisotopic (exact) mass is 543 g/mol. The van der Waals surface area contributed by atoms with E-state index in [9.17, 15) is 4.79 Å². The molecule has 4 rings (SSSR count). The Labute approximate surface area is 210 Å². The van der Waals surface area contributed by atoms with Gasteiger partial charge in [-0.2, -0.15) is 5.10 Å². The summed E-state index contributed by atoms with van der Waals surface area (Å²) in [7, 11) is 0. The Bertz CT molecular complexity index is 1300. The highest BCUT2D eigenvalue weighted by atomic mass is 79.9. The second kappa shape index (κ2) is 10.1. The van der Waals surface area contributed by atoms with Crippen molar-refractivity contribution in [1.82, 2.24) is 9.78 Å². The number of carbonyl (C=O) groups excluding carboxylic acids is 1. The van der Waals surface area contributed by atoms with Crippen molar-refractivity contribution in [3.8, 4) is 5.75 Å².